The van der Waals surface area contributed by atoms with Crippen LogP contribution in [0.4, 0.5) is 4.39 Å². The van der Waals surface area contributed by atoms with E-state index in [0.717, 1.165) is 10.0 Å². The molecule has 2 rings (SSSR count). The number of hydrogen-bond acceptors (Lipinski definition) is 4. The lowest BCUT2D eigenvalue weighted by Crippen LogP contribution is -2.35. The first-order chi connectivity index (χ1) is 9.83. The van der Waals surface area contributed by atoms with Crippen molar-refractivity contribution in [2.45, 2.75) is 32.9 Å². The average molecular weight is 354 g/mol. The number of ether oxygens (including phenoxy) is 1. The first-order valence-corrected chi connectivity index (χ1v) is 7.32. The molecule has 21 heavy (non-hydrogen) atoms. The van der Waals surface area contributed by atoms with Crippen LogP contribution in [0, 0.1) is 5.82 Å². The van der Waals surface area contributed by atoms with Crippen molar-refractivity contribution in [3.63, 3.8) is 0 Å². The highest BCUT2D eigenvalue weighted by Crippen LogP contribution is 2.25. The number of aromatic nitrogens is 2. The molecule has 0 saturated carbocycles. The van der Waals surface area contributed by atoms with Crippen LogP contribution < -0.4 is 10.1 Å². The van der Waals surface area contributed by atoms with Crippen LogP contribution in [0.5, 0.6) is 11.8 Å². The van der Waals surface area contributed by atoms with Crippen LogP contribution >= 0.6 is 15.9 Å². The minimum Gasteiger partial charge on any atom is -0.421 e. The molecule has 0 radical (unpaired) electrons. The number of nitrogens with zero attached hydrogens (tertiary/aromatic N) is 2. The summed E-state index contributed by atoms with van der Waals surface area (Å²) in [5.41, 5.74) is 0.959. The molecular formula is C15H17BrFN3O. The third kappa shape index (κ3) is 5.06. The third-order valence-corrected chi connectivity index (χ3v) is 3.09. The van der Waals surface area contributed by atoms with E-state index in [1.54, 1.807) is 18.5 Å². The van der Waals surface area contributed by atoms with Gasteiger partial charge < -0.3 is 10.1 Å². The van der Waals surface area contributed by atoms with E-state index in [1.807, 2.05) is 0 Å². The van der Waals surface area contributed by atoms with E-state index >= 15 is 0 Å². The minimum atomic E-state index is -0.458. The molecule has 1 aromatic heterocycles. The van der Waals surface area contributed by atoms with Crippen molar-refractivity contribution >= 4 is 15.9 Å². The smallest absolute Gasteiger partial charge is 0.321 e. The first kappa shape index (κ1) is 15.9. The molecule has 0 atom stereocenters. The summed E-state index contributed by atoms with van der Waals surface area (Å²) >= 11 is 3.26. The van der Waals surface area contributed by atoms with Gasteiger partial charge in [0.25, 0.3) is 0 Å². The normalized spacial score (nSPS) is 11.5. The number of hydrogen-bond donors (Lipinski definition) is 1. The van der Waals surface area contributed by atoms with Crippen molar-refractivity contribution in [3.8, 4) is 11.8 Å². The summed E-state index contributed by atoms with van der Waals surface area (Å²) in [5, 5.41) is 3.34. The summed E-state index contributed by atoms with van der Waals surface area (Å²) in [6, 6.07) is 4.57. The summed E-state index contributed by atoms with van der Waals surface area (Å²) < 4.78 is 19.6. The van der Waals surface area contributed by atoms with E-state index in [9.17, 15) is 4.39 Å². The molecular weight excluding hydrogens is 337 g/mol. The minimum absolute atomic E-state index is 0.0224. The summed E-state index contributed by atoms with van der Waals surface area (Å²) in [6.07, 6.45) is 3.33. The van der Waals surface area contributed by atoms with Gasteiger partial charge in [0.2, 0.25) is 0 Å². The van der Waals surface area contributed by atoms with Crippen LogP contribution in [0.3, 0.4) is 0 Å². The van der Waals surface area contributed by atoms with E-state index in [1.165, 1.54) is 12.1 Å². The molecule has 1 heterocycles. The standard InChI is InChI=1S/C15H17BrFN3O/c1-15(2,3)20-9-10-7-18-14(19-8-10)21-13-6-11(16)4-5-12(13)17/h4-8,20H,9H2,1-3H3. The fraction of sp³-hybridized carbons (Fsp3) is 0.333. The Bertz CT molecular complexity index is 611. The largest absolute Gasteiger partial charge is 0.421 e. The summed E-state index contributed by atoms with van der Waals surface area (Å²) in [4.78, 5) is 8.18. The fourth-order valence-corrected chi connectivity index (χ4v) is 1.85. The van der Waals surface area contributed by atoms with Gasteiger partial charge in [0.05, 0.1) is 0 Å². The second-order valence-corrected chi connectivity index (χ2v) is 6.57. The van der Waals surface area contributed by atoms with Crippen LogP contribution in [0.2, 0.25) is 0 Å². The van der Waals surface area contributed by atoms with Gasteiger partial charge in [0.1, 0.15) is 0 Å². The Kier molecular flexibility index (Phi) is 4.90. The van der Waals surface area contributed by atoms with Crippen LogP contribution in [0.1, 0.15) is 26.3 Å². The number of benzene rings is 1. The summed E-state index contributed by atoms with van der Waals surface area (Å²) in [7, 11) is 0. The van der Waals surface area contributed by atoms with Gasteiger partial charge in [0.15, 0.2) is 11.6 Å². The van der Waals surface area contributed by atoms with Crippen molar-refractivity contribution in [1.29, 1.82) is 0 Å². The second kappa shape index (κ2) is 6.49. The Labute approximate surface area is 131 Å². The molecule has 0 aliphatic rings. The molecule has 0 aliphatic carbocycles. The maximum Gasteiger partial charge on any atom is 0.321 e. The van der Waals surface area contributed by atoms with Crippen molar-refractivity contribution in [2.75, 3.05) is 0 Å². The highest BCUT2D eigenvalue weighted by Gasteiger charge is 2.10. The van der Waals surface area contributed by atoms with Gasteiger partial charge in [-0.1, -0.05) is 15.9 Å². The zero-order chi connectivity index (χ0) is 15.5. The van der Waals surface area contributed by atoms with Crippen molar-refractivity contribution < 1.29 is 9.13 Å². The molecule has 0 aliphatic heterocycles. The van der Waals surface area contributed by atoms with Crippen LogP contribution in [-0.4, -0.2) is 15.5 Å². The van der Waals surface area contributed by atoms with Gasteiger partial charge >= 0.3 is 6.01 Å². The predicted octanol–water partition coefficient (Wildman–Crippen LogP) is 4.06. The molecule has 4 nitrogen and oxygen atoms in total. The number of rotatable bonds is 4. The lowest BCUT2D eigenvalue weighted by molar-refractivity contribution is 0.406. The Morgan fingerprint density at radius 3 is 2.52 bits per heavy atom. The van der Waals surface area contributed by atoms with Gasteiger partial charge in [-0.15, -0.1) is 0 Å². The van der Waals surface area contributed by atoms with Gasteiger partial charge in [-0.05, 0) is 39.0 Å². The number of nitrogens with one attached hydrogen (secondary N) is 1. The molecule has 0 bridgehead atoms. The quantitative estimate of drug-likeness (QED) is 0.900. The monoisotopic (exact) mass is 353 g/mol. The van der Waals surface area contributed by atoms with Gasteiger partial charge in [-0.2, -0.15) is 0 Å². The summed E-state index contributed by atoms with van der Waals surface area (Å²) in [6.45, 7) is 6.92. The molecule has 0 amide bonds. The molecule has 2 aromatic rings. The Morgan fingerprint density at radius 1 is 1.24 bits per heavy atom. The Balaban J connectivity index is 2.04. The van der Waals surface area contributed by atoms with Crippen molar-refractivity contribution in [2.24, 2.45) is 0 Å². The highest BCUT2D eigenvalue weighted by atomic mass is 79.9. The van der Waals surface area contributed by atoms with Crippen molar-refractivity contribution in [3.05, 3.63) is 46.4 Å². The van der Waals surface area contributed by atoms with E-state index in [0.29, 0.717) is 6.54 Å². The lowest BCUT2D eigenvalue weighted by atomic mass is 10.1. The summed E-state index contributed by atoms with van der Waals surface area (Å²) in [5.74, 6) is -0.370. The number of halogens is 2. The zero-order valence-electron chi connectivity index (χ0n) is 12.2. The Hall–Kier alpha value is -1.53. The first-order valence-electron chi connectivity index (χ1n) is 6.52. The maximum atomic E-state index is 13.6. The van der Waals surface area contributed by atoms with Gasteiger partial charge in [-0.3, -0.25) is 0 Å². The van der Waals surface area contributed by atoms with Gasteiger partial charge in [0, 0.05) is 34.5 Å². The fourth-order valence-electron chi connectivity index (χ4n) is 1.51. The highest BCUT2D eigenvalue weighted by molar-refractivity contribution is 9.10. The van der Waals surface area contributed by atoms with E-state index < -0.39 is 5.82 Å². The second-order valence-electron chi connectivity index (χ2n) is 5.65. The molecule has 0 spiro atoms. The topological polar surface area (TPSA) is 47.0 Å². The SMILES string of the molecule is CC(C)(C)NCc1cnc(Oc2cc(Br)ccc2F)nc1. The van der Waals surface area contributed by atoms with Gasteiger partial charge in [-0.25, -0.2) is 14.4 Å². The molecule has 0 unspecified atom stereocenters. The molecule has 0 saturated heterocycles. The molecule has 1 aromatic carbocycles. The predicted molar refractivity (Wildman–Crippen MR) is 82.8 cm³/mol. The van der Waals surface area contributed by atoms with E-state index in [2.05, 4.69) is 52.0 Å². The van der Waals surface area contributed by atoms with Crippen molar-refractivity contribution in [1.82, 2.24) is 15.3 Å². The van der Waals surface area contributed by atoms with E-state index in [4.69, 9.17) is 4.74 Å². The Morgan fingerprint density at radius 2 is 1.90 bits per heavy atom. The zero-order valence-corrected chi connectivity index (χ0v) is 13.7. The third-order valence-electron chi connectivity index (χ3n) is 2.60. The van der Waals surface area contributed by atoms with Crippen LogP contribution in [0.15, 0.2) is 35.1 Å². The molecule has 112 valence electrons. The van der Waals surface area contributed by atoms with E-state index in [-0.39, 0.29) is 17.3 Å². The molecule has 1 N–H and O–H groups in total. The average Bonchev–Trinajstić information content (AvgIpc) is 2.41. The molecule has 6 heteroatoms. The maximum absolute atomic E-state index is 13.6. The lowest BCUT2D eigenvalue weighted by Gasteiger charge is -2.20. The molecule has 0 fully saturated rings. The van der Waals surface area contributed by atoms with Crippen LogP contribution in [0.25, 0.3) is 0 Å². The van der Waals surface area contributed by atoms with Crippen LogP contribution in [-0.2, 0) is 6.54 Å².